The number of hydrogen-bond donors (Lipinski definition) is 0. The quantitative estimate of drug-likeness (QED) is 0.396. The van der Waals surface area contributed by atoms with Crippen molar-refractivity contribution < 1.29 is 23.8 Å². The van der Waals surface area contributed by atoms with Crippen LogP contribution < -0.4 is 0 Å². The summed E-state index contributed by atoms with van der Waals surface area (Å²) in [4.78, 5) is 26.3. The first-order valence-corrected chi connectivity index (χ1v) is 12.2. The zero-order valence-electron chi connectivity index (χ0n) is 19.5. The van der Waals surface area contributed by atoms with Crippen molar-refractivity contribution >= 4 is 23.7 Å². The van der Waals surface area contributed by atoms with Crippen molar-refractivity contribution in [1.82, 2.24) is 0 Å². The molecule has 3 aromatic rings. The van der Waals surface area contributed by atoms with Gasteiger partial charge in [0.05, 0.1) is 11.1 Å². The second kappa shape index (κ2) is 10.9. The van der Waals surface area contributed by atoms with Crippen LogP contribution >= 0.6 is 11.8 Å². The van der Waals surface area contributed by atoms with Crippen LogP contribution in [0.25, 0.3) is 0 Å². The smallest absolute Gasteiger partial charge is 0.338 e. The van der Waals surface area contributed by atoms with Gasteiger partial charge in [-0.1, -0.05) is 64.9 Å². The fourth-order valence-corrected chi connectivity index (χ4v) is 4.70. The average molecular weight is 477 g/mol. The summed E-state index contributed by atoms with van der Waals surface area (Å²) in [5.74, 6) is -0.841. The minimum atomic E-state index is -0.549. The molecule has 1 aliphatic heterocycles. The number of esters is 2. The van der Waals surface area contributed by atoms with Crippen molar-refractivity contribution in [2.75, 3.05) is 6.61 Å². The van der Waals surface area contributed by atoms with Crippen LogP contribution in [0.1, 0.15) is 43.8 Å². The molecule has 0 aliphatic carbocycles. The monoisotopic (exact) mass is 476 g/mol. The van der Waals surface area contributed by atoms with E-state index in [1.165, 1.54) is 5.56 Å². The summed E-state index contributed by atoms with van der Waals surface area (Å²) in [7, 11) is 0. The third kappa shape index (κ3) is 6.27. The van der Waals surface area contributed by atoms with E-state index in [1.54, 1.807) is 36.0 Å². The molecule has 0 N–H and O–H groups in total. The highest BCUT2D eigenvalue weighted by Gasteiger charge is 2.39. The number of aryl methyl sites for hydroxylation is 3. The molecule has 0 spiro atoms. The van der Waals surface area contributed by atoms with Gasteiger partial charge in [-0.3, -0.25) is 0 Å². The Hall–Kier alpha value is -3.09. The van der Waals surface area contributed by atoms with Gasteiger partial charge in [-0.15, -0.1) is 0 Å². The molecule has 0 amide bonds. The van der Waals surface area contributed by atoms with E-state index < -0.39 is 24.1 Å². The van der Waals surface area contributed by atoms with Gasteiger partial charge in [0.1, 0.15) is 24.3 Å². The predicted octanol–water partition coefficient (Wildman–Crippen LogP) is 5.90. The van der Waals surface area contributed by atoms with Crippen LogP contribution in [0.2, 0.25) is 0 Å². The Kier molecular flexibility index (Phi) is 7.70. The molecule has 1 fully saturated rings. The third-order valence-corrected chi connectivity index (χ3v) is 6.78. The predicted molar refractivity (Wildman–Crippen MR) is 132 cm³/mol. The molecule has 1 aliphatic rings. The van der Waals surface area contributed by atoms with Crippen LogP contribution in [-0.2, 0) is 14.2 Å². The average Bonchev–Trinajstić information content (AvgIpc) is 3.20. The number of rotatable bonds is 7. The van der Waals surface area contributed by atoms with Gasteiger partial charge in [0.25, 0.3) is 0 Å². The Morgan fingerprint density at radius 3 is 1.85 bits per heavy atom. The van der Waals surface area contributed by atoms with Gasteiger partial charge < -0.3 is 14.2 Å². The van der Waals surface area contributed by atoms with Crippen LogP contribution in [0.5, 0.6) is 0 Å². The fraction of sp³-hybridized carbons (Fsp3) is 0.286. The Balaban J connectivity index is 1.43. The zero-order chi connectivity index (χ0) is 24.1. The molecule has 5 nitrogen and oxygen atoms in total. The van der Waals surface area contributed by atoms with Crippen LogP contribution in [0.3, 0.4) is 0 Å². The van der Waals surface area contributed by atoms with Crippen molar-refractivity contribution in [2.24, 2.45) is 0 Å². The maximum absolute atomic E-state index is 12.8. The molecule has 1 heterocycles. The van der Waals surface area contributed by atoms with Crippen LogP contribution in [0, 0.1) is 20.8 Å². The van der Waals surface area contributed by atoms with Gasteiger partial charge in [0, 0.05) is 11.3 Å². The summed E-state index contributed by atoms with van der Waals surface area (Å²) >= 11 is 1.57. The number of thioether (sulfide) groups is 1. The second-order valence-electron chi connectivity index (χ2n) is 8.54. The first-order chi connectivity index (χ1) is 16.4. The largest absolute Gasteiger partial charge is 0.459 e. The molecule has 0 unspecified atom stereocenters. The molecule has 0 saturated carbocycles. The van der Waals surface area contributed by atoms with Gasteiger partial charge in [-0.05, 0) is 57.2 Å². The summed E-state index contributed by atoms with van der Waals surface area (Å²) in [5, 5.41) is 0. The second-order valence-corrected chi connectivity index (χ2v) is 9.78. The normalized spacial score (nSPS) is 19.6. The molecule has 3 atom stereocenters. The van der Waals surface area contributed by atoms with Crippen LogP contribution in [0.4, 0.5) is 0 Å². The summed E-state index contributed by atoms with van der Waals surface area (Å²) in [6.45, 7) is 5.97. The van der Waals surface area contributed by atoms with Gasteiger partial charge in [-0.2, -0.15) is 0 Å². The SMILES string of the molecule is Cc1ccc(S[C@H]2C[C@H](OC(=O)c3ccc(C)cc3)[C@@H](COC(=O)c3ccc(C)cc3)O2)cc1. The first-order valence-electron chi connectivity index (χ1n) is 11.3. The van der Waals surface area contributed by atoms with Gasteiger partial charge in [-0.25, -0.2) is 9.59 Å². The minimum Gasteiger partial charge on any atom is -0.459 e. The zero-order valence-corrected chi connectivity index (χ0v) is 20.3. The van der Waals surface area contributed by atoms with Crippen LogP contribution in [-0.4, -0.2) is 36.2 Å². The number of benzene rings is 3. The number of hydrogen-bond acceptors (Lipinski definition) is 6. The molecule has 176 valence electrons. The van der Waals surface area contributed by atoms with Crippen LogP contribution in [0.15, 0.2) is 77.7 Å². The topological polar surface area (TPSA) is 61.8 Å². The van der Waals surface area contributed by atoms with E-state index in [4.69, 9.17) is 14.2 Å². The van der Waals surface area contributed by atoms with E-state index in [0.717, 1.165) is 16.0 Å². The molecule has 34 heavy (non-hydrogen) atoms. The molecule has 6 heteroatoms. The summed E-state index contributed by atoms with van der Waals surface area (Å²) < 4.78 is 17.5. The molecule has 3 aromatic carbocycles. The highest BCUT2D eigenvalue weighted by Crippen LogP contribution is 2.36. The van der Waals surface area contributed by atoms with E-state index in [2.05, 4.69) is 0 Å². The van der Waals surface area contributed by atoms with E-state index in [0.29, 0.717) is 17.5 Å². The lowest BCUT2D eigenvalue weighted by Crippen LogP contribution is -2.32. The maximum atomic E-state index is 12.8. The van der Waals surface area contributed by atoms with Crippen molar-refractivity contribution in [2.45, 2.75) is 49.7 Å². The molecular weight excluding hydrogens is 448 g/mol. The molecule has 0 radical (unpaired) electrons. The Morgan fingerprint density at radius 1 is 0.794 bits per heavy atom. The Bertz CT molecular complexity index is 1120. The standard InChI is InChI=1S/C28H28O5S/c1-18-4-10-21(11-5-18)27(29)31-17-25-24(33-28(30)22-12-6-19(2)7-13-22)16-26(32-25)34-23-14-8-20(3)9-15-23/h4-15,24-26H,16-17H2,1-3H3/t24-,25+,26-/m0/s1. The Labute approximate surface area is 204 Å². The highest BCUT2D eigenvalue weighted by atomic mass is 32.2. The Morgan fingerprint density at radius 2 is 1.29 bits per heavy atom. The lowest BCUT2D eigenvalue weighted by Gasteiger charge is -2.19. The van der Waals surface area contributed by atoms with Crippen molar-refractivity contribution in [3.63, 3.8) is 0 Å². The van der Waals surface area contributed by atoms with E-state index in [-0.39, 0.29) is 12.0 Å². The number of ether oxygens (including phenoxy) is 3. The summed E-state index contributed by atoms with van der Waals surface area (Å²) in [6.07, 6.45) is -0.572. The van der Waals surface area contributed by atoms with Gasteiger partial charge in [0.15, 0.2) is 0 Å². The van der Waals surface area contributed by atoms with Crippen molar-refractivity contribution in [3.05, 3.63) is 101 Å². The maximum Gasteiger partial charge on any atom is 0.338 e. The van der Waals surface area contributed by atoms with E-state index in [9.17, 15) is 9.59 Å². The van der Waals surface area contributed by atoms with Gasteiger partial charge >= 0.3 is 11.9 Å². The summed E-state index contributed by atoms with van der Waals surface area (Å²) in [6, 6.07) is 22.6. The number of carbonyl (C=O) groups excluding carboxylic acids is 2. The molecule has 1 saturated heterocycles. The third-order valence-electron chi connectivity index (χ3n) is 5.67. The first kappa shape index (κ1) is 24.0. The molecule has 0 bridgehead atoms. The molecular formula is C28H28O5S. The highest BCUT2D eigenvalue weighted by molar-refractivity contribution is 7.99. The minimum absolute atomic E-state index is 0.00348. The van der Waals surface area contributed by atoms with Gasteiger partial charge in [0.2, 0.25) is 0 Å². The van der Waals surface area contributed by atoms with E-state index >= 15 is 0 Å². The van der Waals surface area contributed by atoms with Crippen molar-refractivity contribution in [1.29, 1.82) is 0 Å². The lowest BCUT2D eigenvalue weighted by molar-refractivity contribution is -0.0315. The van der Waals surface area contributed by atoms with E-state index in [1.807, 2.05) is 69.3 Å². The van der Waals surface area contributed by atoms with Crippen molar-refractivity contribution in [3.8, 4) is 0 Å². The lowest BCUT2D eigenvalue weighted by atomic mass is 10.1. The molecule has 0 aromatic heterocycles. The number of carbonyl (C=O) groups is 2. The molecule has 4 rings (SSSR count). The fourth-order valence-electron chi connectivity index (χ4n) is 3.62. The summed E-state index contributed by atoms with van der Waals surface area (Å²) in [5.41, 5.74) is 4.05.